The van der Waals surface area contributed by atoms with Crippen molar-refractivity contribution in [2.75, 3.05) is 26.8 Å². The lowest BCUT2D eigenvalue weighted by Crippen LogP contribution is -2.39. The second kappa shape index (κ2) is 12.5. The van der Waals surface area contributed by atoms with E-state index in [1.807, 2.05) is 69.3 Å². The maximum absolute atomic E-state index is 10.5. The Morgan fingerprint density at radius 2 is 1.94 bits per heavy atom. The average molecular weight is 553 g/mol. The van der Waals surface area contributed by atoms with Gasteiger partial charge in [-0.3, -0.25) is 4.99 Å². The number of aliphatic imine (C=N–C) groups is 1. The Labute approximate surface area is 206 Å². The Balaban J connectivity index is 0.00000363. The van der Waals surface area contributed by atoms with E-state index in [9.17, 15) is 5.11 Å². The van der Waals surface area contributed by atoms with Gasteiger partial charge in [0.2, 0.25) is 0 Å². The third-order valence-electron chi connectivity index (χ3n) is 4.85. The largest absolute Gasteiger partial charge is 0.497 e. The molecule has 0 amide bonds. The third-order valence-corrected chi connectivity index (χ3v) is 4.85. The predicted octanol–water partition coefficient (Wildman–Crippen LogP) is 4.81. The number of methoxy groups -OCH3 is 1. The van der Waals surface area contributed by atoms with Gasteiger partial charge in [0.15, 0.2) is 17.3 Å². The van der Waals surface area contributed by atoms with Gasteiger partial charge in [0.25, 0.3) is 0 Å². The molecule has 2 unspecified atom stereocenters. The fourth-order valence-electron chi connectivity index (χ4n) is 3.27. The molecule has 0 aliphatic carbocycles. The number of hydrogen-bond donors (Lipinski definition) is 3. The number of benzene rings is 2. The summed E-state index contributed by atoms with van der Waals surface area (Å²) in [6, 6.07) is 15.1. The number of aliphatic hydroxyl groups is 1. The third kappa shape index (κ3) is 6.52. The number of ether oxygens (including phenoxy) is 2. The summed E-state index contributed by atoms with van der Waals surface area (Å²) >= 11 is 0. The summed E-state index contributed by atoms with van der Waals surface area (Å²) in [5, 5.41) is 18.1. The molecule has 0 saturated heterocycles. The molecule has 0 fully saturated rings. The van der Waals surface area contributed by atoms with Gasteiger partial charge in [-0.25, -0.2) is 0 Å². The van der Waals surface area contributed by atoms with Gasteiger partial charge in [-0.1, -0.05) is 24.3 Å². The molecule has 32 heavy (non-hydrogen) atoms. The Kier molecular flexibility index (Phi) is 10.1. The molecule has 8 heteroatoms. The molecule has 0 radical (unpaired) electrons. The molecule has 174 valence electrons. The number of furan rings is 1. The van der Waals surface area contributed by atoms with E-state index in [1.54, 1.807) is 7.11 Å². The van der Waals surface area contributed by atoms with E-state index in [-0.39, 0.29) is 36.6 Å². The number of nitrogens with zero attached hydrogens (tertiary/aromatic N) is 1. The van der Waals surface area contributed by atoms with E-state index < -0.39 is 6.10 Å². The van der Waals surface area contributed by atoms with Crippen LogP contribution < -0.4 is 20.1 Å². The summed E-state index contributed by atoms with van der Waals surface area (Å²) in [7, 11) is 1.60. The predicted molar refractivity (Wildman–Crippen MR) is 138 cm³/mol. The van der Waals surface area contributed by atoms with E-state index in [4.69, 9.17) is 13.9 Å². The highest BCUT2D eigenvalue weighted by Gasteiger charge is 2.16. The second-order valence-corrected chi connectivity index (χ2v) is 7.13. The maximum Gasteiger partial charge on any atom is 0.191 e. The first-order chi connectivity index (χ1) is 15.0. The van der Waals surface area contributed by atoms with E-state index in [2.05, 4.69) is 15.6 Å². The van der Waals surface area contributed by atoms with Gasteiger partial charge in [0.1, 0.15) is 11.5 Å². The Morgan fingerprint density at radius 1 is 1.16 bits per heavy atom. The summed E-state index contributed by atoms with van der Waals surface area (Å²) in [5.74, 6) is 2.82. The molecule has 1 heterocycles. The van der Waals surface area contributed by atoms with Gasteiger partial charge in [-0.2, -0.15) is 0 Å². The molecular formula is C24H32IN3O4. The summed E-state index contributed by atoms with van der Waals surface area (Å²) < 4.78 is 17.0. The molecule has 0 bridgehead atoms. The first-order valence-corrected chi connectivity index (χ1v) is 10.6. The lowest BCUT2D eigenvalue weighted by Gasteiger charge is -2.17. The van der Waals surface area contributed by atoms with Crippen molar-refractivity contribution in [2.45, 2.75) is 32.9 Å². The number of aliphatic hydroxyl groups excluding tert-OH is 1. The van der Waals surface area contributed by atoms with Gasteiger partial charge < -0.3 is 29.6 Å². The van der Waals surface area contributed by atoms with E-state index in [0.29, 0.717) is 24.9 Å². The molecule has 2 aromatic carbocycles. The Hall–Kier alpha value is -2.46. The minimum absolute atomic E-state index is 0. The maximum atomic E-state index is 10.5. The zero-order valence-corrected chi connectivity index (χ0v) is 21.3. The highest BCUT2D eigenvalue weighted by atomic mass is 127. The van der Waals surface area contributed by atoms with Crippen LogP contribution in [0, 0.1) is 0 Å². The fourth-order valence-corrected chi connectivity index (χ4v) is 3.27. The smallest absolute Gasteiger partial charge is 0.191 e. The molecule has 0 spiro atoms. The SMILES string of the molecule is CCNC(=NCC(O)c1cccc(OC)c1)NC(C)c1cc2cccc(OCC)c2o1.I. The van der Waals surface area contributed by atoms with E-state index >= 15 is 0 Å². The molecule has 3 N–H and O–H groups in total. The van der Waals surface area contributed by atoms with Crippen LogP contribution in [0.3, 0.4) is 0 Å². The van der Waals surface area contributed by atoms with Crippen molar-refractivity contribution in [1.82, 2.24) is 10.6 Å². The highest BCUT2D eigenvalue weighted by Crippen LogP contribution is 2.31. The molecule has 1 aromatic heterocycles. The summed E-state index contributed by atoms with van der Waals surface area (Å²) in [5.41, 5.74) is 1.50. The van der Waals surface area contributed by atoms with Crippen LogP contribution in [-0.2, 0) is 0 Å². The topological polar surface area (TPSA) is 88.3 Å². The molecule has 3 rings (SSSR count). The van der Waals surface area contributed by atoms with Crippen LogP contribution in [0.5, 0.6) is 11.5 Å². The van der Waals surface area contributed by atoms with Gasteiger partial charge in [0.05, 0.1) is 32.4 Å². The average Bonchev–Trinajstić information content (AvgIpc) is 3.23. The van der Waals surface area contributed by atoms with Crippen molar-refractivity contribution in [3.8, 4) is 11.5 Å². The molecule has 0 aliphatic heterocycles. The number of halogens is 1. The monoisotopic (exact) mass is 553 g/mol. The zero-order chi connectivity index (χ0) is 22.2. The number of para-hydroxylation sites is 1. The van der Waals surface area contributed by atoms with Crippen molar-refractivity contribution < 1.29 is 19.0 Å². The van der Waals surface area contributed by atoms with Gasteiger partial charge >= 0.3 is 0 Å². The number of fused-ring (bicyclic) bond motifs is 1. The van der Waals surface area contributed by atoms with Gasteiger partial charge in [-0.05, 0) is 50.6 Å². The van der Waals surface area contributed by atoms with Crippen LogP contribution in [0.25, 0.3) is 11.0 Å². The van der Waals surface area contributed by atoms with Crippen LogP contribution in [0.15, 0.2) is 57.9 Å². The Morgan fingerprint density at radius 3 is 2.66 bits per heavy atom. The van der Waals surface area contributed by atoms with E-state index in [1.165, 1.54) is 0 Å². The molecule has 0 aliphatic rings. The molecule has 0 saturated carbocycles. The molecule has 3 aromatic rings. The molecule has 7 nitrogen and oxygen atoms in total. The van der Waals surface area contributed by atoms with E-state index in [0.717, 1.165) is 28.0 Å². The number of guanidine groups is 1. The van der Waals surface area contributed by atoms with Crippen molar-refractivity contribution in [3.63, 3.8) is 0 Å². The summed E-state index contributed by atoms with van der Waals surface area (Å²) in [6.07, 6.45) is -0.735. The number of rotatable bonds is 9. The number of hydrogen-bond acceptors (Lipinski definition) is 5. The minimum Gasteiger partial charge on any atom is -0.497 e. The Bertz CT molecular complexity index is 1020. The van der Waals surface area contributed by atoms with Crippen LogP contribution in [0.2, 0.25) is 0 Å². The minimum atomic E-state index is -0.735. The van der Waals surface area contributed by atoms with Gasteiger partial charge in [-0.15, -0.1) is 24.0 Å². The first kappa shape index (κ1) is 25.8. The van der Waals surface area contributed by atoms with Crippen molar-refractivity contribution in [1.29, 1.82) is 0 Å². The normalized spacial score (nSPS) is 13.2. The quantitative estimate of drug-likeness (QED) is 0.200. The lowest BCUT2D eigenvalue weighted by atomic mass is 10.1. The zero-order valence-electron chi connectivity index (χ0n) is 18.9. The highest BCUT2D eigenvalue weighted by molar-refractivity contribution is 14.0. The summed E-state index contributed by atoms with van der Waals surface area (Å²) in [4.78, 5) is 4.55. The molecule has 2 atom stereocenters. The van der Waals surface area contributed by atoms with Crippen LogP contribution in [-0.4, -0.2) is 37.9 Å². The van der Waals surface area contributed by atoms with Crippen molar-refractivity contribution in [3.05, 3.63) is 59.9 Å². The van der Waals surface area contributed by atoms with Crippen LogP contribution in [0.4, 0.5) is 0 Å². The fraction of sp³-hybridized carbons (Fsp3) is 0.375. The second-order valence-electron chi connectivity index (χ2n) is 7.13. The van der Waals surface area contributed by atoms with Crippen molar-refractivity contribution in [2.24, 2.45) is 4.99 Å². The van der Waals surface area contributed by atoms with Crippen molar-refractivity contribution >= 4 is 40.9 Å². The lowest BCUT2D eigenvalue weighted by molar-refractivity contribution is 0.186. The standard InChI is InChI=1S/C24H31N3O4.HI/c1-5-25-24(26-15-20(28)17-9-7-11-19(13-17)29-4)27-16(3)22-14-18-10-8-12-21(30-6-2)23(18)31-22;/h7-14,16,20,28H,5-6,15H2,1-4H3,(H2,25,26,27);1H. The number of nitrogens with one attached hydrogen (secondary N) is 2. The first-order valence-electron chi connectivity index (χ1n) is 10.6. The summed E-state index contributed by atoms with van der Waals surface area (Å²) in [6.45, 7) is 7.44. The van der Waals surface area contributed by atoms with Crippen LogP contribution >= 0.6 is 24.0 Å². The molecular weight excluding hydrogens is 521 g/mol. The van der Waals surface area contributed by atoms with Gasteiger partial charge in [0, 0.05) is 11.9 Å². The van der Waals surface area contributed by atoms with Crippen LogP contribution in [0.1, 0.15) is 44.2 Å².